The summed E-state index contributed by atoms with van der Waals surface area (Å²) in [5.74, 6) is -5.00. The lowest BCUT2D eigenvalue weighted by Crippen LogP contribution is -2.44. The van der Waals surface area contributed by atoms with E-state index in [4.69, 9.17) is 9.72 Å². The number of carbonyl (C=O) groups excluding carboxylic acids is 9. The lowest BCUT2D eigenvalue weighted by Gasteiger charge is -2.31. The van der Waals surface area contributed by atoms with Crippen molar-refractivity contribution in [2.45, 2.75) is 122 Å². The molecule has 382 valence electrons. The summed E-state index contributed by atoms with van der Waals surface area (Å²) >= 11 is 0. The van der Waals surface area contributed by atoms with Crippen molar-refractivity contribution >= 4 is 63.9 Å². The summed E-state index contributed by atoms with van der Waals surface area (Å²) in [4.78, 5) is 134. The number of fused-ring (bicyclic) bond motifs is 5. The molecule has 6 amide bonds. The molecule has 0 bridgehead atoms. The molecular formula is C53H56FN7O12. The average Bonchev–Trinajstić information content (AvgIpc) is 3.91. The van der Waals surface area contributed by atoms with Gasteiger partial charge in [-0.25, -0.2) is 14.2 Å². The summed E-state index contributed by atoms with van der Waals surface area (Å²) < 4.78 is 22.1. The fourth-order valence-corrected chi connectivity index (χ4v) is 9.99. The molecule has 0 saturated heterocycles. The van der Waals surface area contributed by atoms with Crippen molar-refractivity contribution in [2.75, 3.05) is 19.6 Å². The number of carbonyl (C=O) groups is 9. The Morgan fingerprint density at radius 2 is 1.56 bits per heavy atom. The molecule has 73 heavy (non-hydrogen) atoms. The highest BCUT2D eigenvalue weighted by Gasteiger charge is 2.46. The van der Waals surface area contributed by atoms with Crippen molar-refractivity contribution in [2.24, 2.45) is 0 Å². The van der Waals surface area contributed by atoms with Crippen LogP contribution in [0.4, 0.5) is 4.39 Å². The third kappa shape index (κ3) is 11.0. The number of esters is 1. The van der Waals surface area contributed by atoms with Crippen molar-refractivity contribution in [3.8, 4) is 11.4 Å². The number of benzene rings is 2. The van der Waals surface area contributed by atoms with Crippen LogP contribution < -0.4 is 26.8 Å². The molecule has 3 atom stereocenters. The van der Waals surface area contributed by atoms with E-state index < -0.39 is 70.9 Å². The van der Waals surface area contributed by atoms with Crippen LogP contribution in [0.25, 0.3) is 22.3 Å². The van der Waals surface area contributed by atoms with Gasteiger partial charge in [0.05, 0.1) is 54.2 Å². The molecule has 5 N–H and O–H groups in total. The number of pyridine rings is 2. The number of aryl methyl sites for hydroxylation is 1. The smallest absolute Gasteiger partial charge is 0.343 e. The number of hydrogen-bond donors (Lipinski definition) is 5. The third-order valence-corrected chi connectivity index (χ3v) is 14.1. The maximum atomic E-state index is 15.4. The highest BCUT2D eigenvalue weighted by atomic mass is 19.1. The van der Waals surface area contributed by atoms with Crippen molar-refractivity contribution in [3.63, 3.8) is 0 Å². The number of hydrogen-bond acceptors (Lipinski definition) is 13. The molecule has 8 rings (SSSR count). The number of unbranched alkanes of at least 4 members (excludes halogenated alkanes) is 2. The first-order chi connectivity index (χ1) is 35.0. The molecule has 3 aliphatic heterocycles. The van der Waals surface area contributed by atoms with E-state index in [9.17, 15) is 53.1 Å². The predicted octanol–water partition coefficient (Wildman–Crippen LogP) is 2.77. The van der Waals surface area contributed by atoms with E-state index in [1.807, 2.05) is 0 Å². The molecule has 20 heteroatoms. The number of nitrogens with zero attached hydrogens (tertiary/aromatic N) is 3. The summed E-state index contributed by atoms with van der Waals surface area (Å²) in [6.45, 7) is 2.51. The molecule has 4 aromatic rings. The van der Waals surface area contributed by atoms with Crippen molar-refractivity contribution in [3.05, 3.63) is 110 Å². The van der Waals surface area contributed by atoms with Crippen LogP contribution in [0.3, 0.4) is 0 Å². The normalized spacial score (nSPS) is 17.6. The van der Waals surface area contributed by atoms with Crippen molar-refractivity contribution in [1.29, 1.82) is 0 Å². The van der Waals surface area contributed by atoms with Gasteiger partial charge in [-0.1, -0.05) is 43.7 Å². The summed E-state index contributed by atoms with van der Waals surface area (Å²) in [5, 5.41) is 22.8. The summed E-state index contributed by atoms with van der Waals surface area (Å²) in [6.07, 6.45) is 3.94. The molecule has 19 nitrogen and oxygen atoms in total. The summed E-state index contributed by atoms with van der Waals surface area (Å²) in [7, 11) is 0. The minimum atomic E-state index is -2.06. The van der Waals surface area contributed by atoms with Gasteiger partial charge in [0.15, 0.2) is 17.2 Å². The van der Waals surface area contributed by atoms with Crippen LogP contribution in [0.5, 0.6) is 0 Å². The number of Topliss-reactive ketones (excluding diaryl/α,β-unsaturated/α-hetero) is 2. The summed E-state index contributed by atoms with van der Waals surface area (Å²) in [6, 6.07) is 10.1. The lowest BCUT2D eigenvalue weighted by molar-refractivity contribution is -0.172. The standard InChI is InChI=1S/C53H56FN7O12/c1-3-53(72)35-23-40-50-33(27-61(40)51(70)34(35)28-73-52(53)71)49-37(15-14-32-29(2)36(54)24-39(59-50)48(32)49)57-45(67)26-56-43(65)18-16-41(63)38(22-30-10-6-4-7-11-30)58-44(66)17-13-31(62)25-55-42(64)12-8-5-9-21-60-46(68)19-20-47(60)69/h4,6-7,10-11,19-20,23-24,37-38,72H,3,5,8-9,12-18,21-22,25-28H2,1-2H3,(H,55,64)(H,56,65)(H,57,67)(H,58,66)/t37-,38-,53-/m0/s1. The minimum absolute atomic E-state index is 0.0442. The molecule has 0 unspecified atom stereocenters. The number of halogens is 1. The number of cyclic esters (lactones) is 1. The van der Waals surface area contributed by atoms with Gasteiger partial charge in [-0.3, -0.25) is 48.1 Å². The fraction of sp³-hybridized carbons (Fsp3) is 0.415. The van der Waals surface area contributed by atoms with Gasteiger partial charge in [0.2, 0.25) is 23.6 Å². The highest BCUT2D eigenvalue weighted by molar-refractivity contribution is 6.12. The molecule has 4 aliphatic rings. The van der Waals surface area contributed by atoms with E-state index >= 15 is 4.39 Å². The van der Waals surface area contributed by atoms with E-state index in [0.717, 1.165) is 16.0 Å². The van der Waals surface area contributed by atoms with Crippen LogP contribution in [0.1, 0.15) is 116 Å². The van der Waals surface area contributed by atoms with Gasteiger partial charge in [-0.15, -0.1) is 0 Å². The Balaban J connectivity index is 0.845. The van der Waals surface area contributed by atoms with Crippen LogP contribution in [0, 0.1) is 12.7 Å². The van der Waals surface area contributed by atoms with E-state index in [-0.39, 0.29) is 100 Å². The van der Waals surface area contributed by atoms with Crippen molar-refractivity contribution in [1.82, 2.24) is 35.7 Å². The fourth-order valence-electron chi connectivity index (χ4n) is 9.99. The average molecular weight is 1000 g/mol. The zero-order valence-electron chi connectivity index (χ0n) is 40.5. The van der Waals surface area contributed by atoms with Crippen LogP contribution in [-0.4, -0.2) is 98.2 Å². The number of rotatable bonds is 22. The van der Waals surface area contributed by atoms with Gasteiger partial charge in [0.1, 0.15) is 12.4 Å². The number of ether oxygens (including phenoxy) is 1. The minimum Gasteiger partial charge on any atom is -0.458 e. The Morgan fingerprint density at radius 3 is 2.30 bits per heavy atom. The zero-order chi connectivity index (χ0) is 52.1. The van der Waals surface area contributed by atoms with Gasteiger partial charge < -0.3 is 35.7 Å². The van der Waals surface area contributed by atoms with E-state index in [1.54, 1.807) is 50.2 Å². The Labute approximate surface area is 418 Å². The third-order valence-electron chi connectivity index (χ3n) is 14.1. The highest BCUT2D eigenvalue weighted by Crippen LogP contribution is 2.46. The zero-order valence-corrected chi connectivity index (χ0v) is 40.5. The lowest BCUT2D eigenvalue weighted by atomic mass is 9.81. The van der Waals surface area contributed by atoms with Gasteiger partial charge >= 0.3 is 5.97 Å². The van der Waals surface area contributed by atoms with Crippen LogP contribution in [-0.2, 0) is 79.5 Å². The first-order valence-electron chi connectivity index (χ1n) is 24.5. The Hall–Kier alpha value is -7.74. The Bertz CT molecular complexity index is 3040. The van der Waals surface area contributed by atoms with Crippen LogP contribution in [0.15, 0.2) is 59.4 Å². The number of ketones is 2. The molecule has 0 radical (unpaired) electrons. The molecule has 0 saturated carbocycles. The quantitative estimate of drug-likeness (QED) is 0.0380. The molecule has 1 aliphatic carbocycles. The van der Waals surface area contributed by atoms with Gasteiger partial charge in [-0.2, -0.15) is 0 Å². The molecule has 0 fully saturated rings. The van der Waals surface area contributed by atoms with Gasteiger partial charge in [0.25, 0.3) is 17.4 Å². The SMILES string of the molecule is CC[C@@]1(O)C(=O)OCc2c1cc1n(c2=O)Cc2c-1nc1cc(F)c(C)c3c1c2[C@@H](NC(=O)CNC(=O)CCC(=O)[C@H](Cc1ccccc1)NC(=O)CCC(=O)CNC(=O)CCCCCN1C(=O)C=CC1=O)CC3. The second-order valence-electron chi connectivity index (χ2n) is 18.8. The largest absolute Gasteiger partial charge is 0.458 e. The van der Waals surface area contributed by atoms with Crippen LogP contribution in [0.2, 0.25) is 0 Å². The molecule has 2 aromatic carbocycles. The van der Waals surface area contributed by atoms with Crippen LogP contribution >= 0.6 is 0 Å². The number of imide groups is 1. The van der Waals surface area contributed by atoms with Gasteiger partial charge in [-0.05, 0) is 73.8 Å². The first kappa shape index (κ1) is 51.6. The number of aliphatic hydroxyl groups is 1. The number of nitrogens with one attached hydrogen (secondary N) is 4. The molecule has 2 aromatic heterocycles. The predicted molar refractivity (Wildman–Crippen MR) is 259 cm³/mol. The summed E-state index contributed by atoms with van der Waals surface area (Å²) in [5.41, 5.74) is 1.84. The topological polar surface area (TPSA) is 269 Å². The number of aromatic nitrogens is 2. The number of amides is 6. The Kier molecular flexibility index (Phi) is 15.5. The maximum absolute atomic E-state index is 15.4. The van der Waals surface area contributed by atoms with Crippen molar-refractivity contribution < 1.29 is 57.4 Å². The molecule has 5 heterocycles. The van der Waals surface area contributed by atoms with E-state index in [0.29, 0.717) is 71.1 Å². The first-order valence-corrected chi connectivity index (χ1v) is 24.5. The maximum Gasteiger partial charge on any atom is 0.343 e. The van der Waals surface area contributed by atoms with E-state index in [2.05, 4.69) is 21.3 Å². The second kappa shape index (κ2) is 21.9. The van der Waals surface area contributed by atoms with E-state index in [1.165, 1.54) is 22.8 Å². The second-order valence-corrected chi connectivity index (χ2v) is 18.8. The Morgan fingerprint density at radius 1 is 0.849 bits per heavy atom. The monoisotopic (exact) mass is 1000 g/mol. The molecule has 0 spiro atoms. The molecular weight excluding hydrogens is 946 g/mol. The van der Waals surface area contributed by atoms with Gasteiger partial charge in [0, 0.05) is 73.4 Å².